The topological polar surface area (TPSA) is 34.1 Å². The van der Waals surface area contributed by atoms with E-state index < -0.39 is 0 Å². The van der Waals surface area contributed by atoms with Crippen LogP contribution in [0.5, 0.6) is 5.75 Å². The van der Waals surface area contributed by atoms with Gasteiger partial charge in [0.25, 0.3) is 0 Å². The molecule has 18 heavy (non-hydrogen) atoms. The van der Waals surface area contributed by atoms with Gasteiger partial charge in [-0.1, -0.05) is 0 Å². The van der Waals surface area contributed by atoms with Crippen molar-refractivity contribution in [1.82, 2.24) is 10.3 Å². The number of hydrogen-bond acceptors (Lipinski definition) is 4. The van der Waals surface area contributed by atoms with Crippen molar-refractivity contribution < 1.29 is 4.74 Å². The lowest BCUT2D eigenvalue weighted by Crippen LogP contribution is -2.32. The molecule has 1 aliphatic heterocycles. The number of benzene rings is 1. The third-order valence-electron chi connectivity index (χ3n) is 3.23. The molecule has 0 amide bonds. The summed E-state index contributed by atoms with van der Waals surface area (Å²) in [4.78, 5) is 6.14. The number of methoxy groups -OCH3 is 1. The lowest BCUT2D eigenvalue weighted by molar-refractivity contribution is 0.415. The second-order valence-corrected chi connectivity index (χ2v) is 5.69. The van der Waals surface area contributed by atoms with Crippen LogP contribution in [0, 0.1) is 0 Å². The van der Waals surface area contributed by atoms with E-state index in [9.17, 15) is 0 Å². The van der Waals surface area contributed by atoms with Crippen molar-refractivity contribution in [3.05, 3.63) is 34.8 Å². The second kappa shape index (κ2) is 4.71. The molecule has 1 unspecified atom stereocenters. The monoisotopic (exact) mass is 260 g/mol. The Morgan fingerprint density at radius 3 is 2.83 bits per heavy atom. The smallest absolute Gasteiger partial charge is 0.123 e. The zero-order valence-electron chi connectivity index (χ0n) is 10.6. The van der Waals surface area contributed by atoms with Gasteiger partial charge in [0.2, 0.25) is 0 Å². The molecule has 1 atom stereocenters. The molecule has 0 spiro atoms. The van der Waals surface area contributed by atoms with Gasteiger partial charge in [0, 0.05) is 29.4 Å². The van der Waals surface area contributed by atoms with Crippen LogP contribution in [0.25, 0.3) is 10.6 Å². The summed E-state index contributed by atoms with van der Waals surface area (Å²) in [6.07, 6.45) is 1.03. The van der Waals surface area contributed by atoms with Crippen LogP contribution in [-0.2, 0) is 13.0 Å². The summed E-state index contributed by atoms with van der Waals surface area (Å²) in [5.74, 6) is 0.885. The summed E-state index contributed by atoms with van der Waals surface area (Å²) < 4.78 is 5.17. The van der Waals surface area contributed by atoms with E-state index in [2.05, 4.69) is 24.4 Å². The SMILES string of the molecule is COc1ccc(-c2nc3c(s2)CNC(C)C3)cc1. The maximum Gasteiger partial charge on any atom is 0.123 e. The predicted octanol–water partition coefficient (Wildman–Crippen LogP) is 2.85. The summed E-state index contributed by atoms with van der Waals surface area (Å²) in [6, 6.07) is 8.64. The van der Waals surface area contributed by atoms with Gasteiger partial charge in [-0.05, 0) is 31.2 Å². The second-order valence-electron chi connectivity index (χ2n) is 4.60. The van der Waals surface area contributed by atoms with Gasteiger partial charge in [0.1, 0.15) is 10.8 Å². The van der Waals surface area contributed by atoms with Gasteiger partial charge in [-0.25, -0.2) is 4.98 Å². The third kappa shape index (κ3) is 2.13. The average molecular weight is 260 g/mol. The van der Waals surface area contributed by atoms with Gasteiger partial charge in [-0.3, -0.25) is 0 Å². The summed E-state index contributed by atoms with van der Waals surface area (Å²) >= 11 is 1.79. The normalized spacial score (nSPS) is 18.4. The van der Waals surface area contributed by atoms with E-state index >= 15 is 0 Å². The number of rotatable bonds is 2. The molecule has 2 aromatic rings. The van der Waals surface area contributed by atoms with E-state index in [0.717, 1.165) is 23.7 Å². The third-order valence-corrected chi connectivity index (χ3v) is 4.37. The largest absolute Gasteiger partial charge is 0.497 e. The molecular weight excluding hydrogens is 244 g/mol. The highest BCUT2D eigenvalue weighted by atomic mass is 32.1. The number of fused-ring (bicyclic) bond motifs is 1. The van der Waals surface area contributed by atoms with E-state index in [1.165, 1.54) is 16.1 Å². The van der Waals surface area contributed by atoms with Gasteiger partial charge in [0.05, 0.1) is 12.8 Å². The standard InChI is InChI=1S/C14H16N2OS/c1-9-7-12-13(8-15-9)18-14(16-12)10-3-5-11(17-2)6-4-10/h3-6,9,15H,7-8H2,1-2H3. The molecule has 0 saturated heterocycles. The van der Waals surface area contributed by atoms with Crippen LogP contribution in [0.4, 0.5) is 0 Å². The molecule has 1 aromatic carbocycles. The number of nitrogens with one attached hydrogen (secondary N) is 1. The molecule has 1 aliphatic rings. The minimum absolute atomic E-state index is 0.531. The molecule has 0 radical (unpaired) electrons. The highest BCUT2D eigenvalue weighted by Gasteiger charge is 2.19. The first-order valence-electron chi connectivity index (χ1n) is 6.12. The van der Waals surface area contributed by atoms with Gasteiger partial charge in [0.15, 0.2) is 0 Å². The fourth-order valence-corrected chi connectivity index (χ4v) is 3.21. The molecule has 0 aliphatic carbocycles. The Labute approximate surface area is 111 Å². The van der Waals surface area contributed by atoms with Crippen LogP contribution in [0.1, 0.15) is 17.5 Å². The molecule has 3 nitrogen and oxygen atoms in total. The quantitative estimate of drug-likeness (QED) is 0.901. The van der Waals surface area contributed by atoms with Crippen LogP contribution in [0.15, 0.2) is 24.3 Å². The first-order chi connectivity index (χ1) is 8.76. The lowest BCUT2D eigenvalue weighted by Gasteiger charge is -2.18. The molecule has 0 fully saturated rings. The minimum atomic E-state index is 0.531. The molecule has 2 heterocycles. The number of nitrogens with zero attached hydrogens (tertiary/aromatic N) is 1. The molecule has 0 saturated carbocycles. The van der Waals surface area contributed by atoms with Crippen molar-refractivity contribution in [2.24, 2.45) is 0 Å². The molecule has 3 rings (SSSR count). The first kappa shape index (κ1) is 11.7. The number of aromatic nitrogens is 1. The van der Waals surface area contributed by atoms with Crippen molar-refractivity contribution in [1.29, 1.82) is 0 Å². The Kier molecular flexibility index (Phi) is 3.06. The maximum absolute atomic E-state index is 5.17. The zero-order valence-corrected chi connectivity index (χ0v) is 11.4. The van der Waals surface area contributed by atoms with E-state index in [-0.39, 0.29) is 0 Å². The van der Waals surface area contributed by atoms with Crippen molar-refractivity contribution in [3.8, 4) is 16.3 Å². The molecule has 0 bridgehead atoms. The van der Waals surface area contributed by atoms with Crippen LogP contribution in [-0.4, -0.2) is 18.1 Å². The number of hydrogen-bond donors (Lipinski definition) is 1. The predicted molar refractivity (Wildman–Crippen MR) is 74.1 cm³/mol. The summed E-state index contributed by atoms with van der Waals surface area (Å²) in [5, 5.41) is 4.58. The summed E-state index contributed by atoms with van der Waals surface area (Å²) in [7, 11) is 1.68. The van der Waals surface area contributed by atoms with E-state index in [0.29, 0.717) is 6.04 Å². The van der Waals surface area contributed by atoms with Crippen LogP contribution >= 0.6 is 11.3 Å². The van der Waals surface area contributed by atoms with Gasteiger partial charge in [-0.15, -0.1) is 11.3 Å². The Bertz CT molecular complexity index is 547. The molecule has 94 valence electrons. The van der Waals surface area contributed by atoms with Gasteiger partial charge in [-0.2, -0.15) is 0 Å². The molecule has 1 aromatic heterocycles. The minimum Gasteiger partial charge on any atom is -0.497 e. The van der Waals surface area contributed by atoms with Gasteiger partial charge >= 0.3 is 0 Å². The van der Waals surface area contributed by atoms with Crippen LogP contribution in [0.2, 0.25) is 0 Å². The van der Waals surface area contributed by atoms with E-state index in [1.807, 2.05) is 12.1 Å². The first-order valence-corrected chi connectivity index (χ1v) is 6.94. The number of ether oxygens (including phenoxy) is 1. The van der Waals surface area contributed by atoms with Crippen LogP contribution in [0.3, 0.4) is 0 Å². The molecular formula is C14H16N2OS. The lowest BCUT2D eigenvalue weighted by atomic mass is 10.1. The van der Waals surface area contributed by atoms with Crippen molar-refractivity contribution in [3.63, 3.8) is 0 Å². The van der Waals surface area contributed by atoms with Crippen LogP contribution < -0.4 is 10.1 Å². The highest BCUT2D eigenvalue weighted by Crippen LogP contribution is 2.31. The molecule has 4 heteroatoms. The Balaban J connectivity index is 1.92. The Morgan fingerprint density at radius 2 is 2.11 bits per heavy atom. The van der Waals surface area contributed by atoms with Crippen molar-refractivity contribution >= 4 is 11.3 Å². The Hall–Kier alpha value is -1.39. The van der Waals surface area contributed by atoms with E-state index in [1.54, 1.807) is 18.4 Å². The van der Waals surface area contributed by atoms with Crippen molar-refractivity contribution in [2.75, 3.05) is 7.11 Å². The van der Waals surface area contributed by atoms with Crippen molar-refractivity contribution in [2.45, 2.75) is 25.9 Å². The Morgan fingerprint density at radius 1 is 1.33 bits per heavy atom. The summed E-state index contributed by atoms with van der Waals surface area (Å²) in [5.41, 5.74) is 2.43. The van der Waals surface area contributed by atoms with Gasteiger partial charge < -0.3 is 10.1 Å². The number of thiazole rings is 1. The maximum atomic E-state index is 5.17. The zero-order chi connectivity index (χ0) is 12.5. The fraction of sp³-hybridized carbons (Fsp3) is 0.357. The average Bonchev–Trinajstić information content (AvgIpc) is 2.81. The highest BCUT2D eigenvalue weighted by molar-refractivity contribution is 7.15. The van der Waals surface area contributed by atoms with E-state index in [4.69, 9.17) is 9.72 Å². The fourth-order valence-electron chi connectivity index (χ4n) is 2.17. The summed E-state index contributed by atoms with van der Waals surface area (Å²) in [6.45, 7) is 3.15. The molecule has 1 N–H and O–H groups in total.